The molecule has 4 rings (SSSR count). The molecule has 0 bridgehead atoms. The maximum Gasteiger partial charge on any atom is 0.116 e. The number of aliphatic hydroxyl groups excluding tert-OH is 1. The number of hydrogen-bond donors (Lipinski definition) is 1. The number of fused-ring (bicyclic) bond motifs is 1. The molecule has 2 fully saturated rings. The van der Waals surface area contributed by atoms with Crippen LogP contribution in [0.5, 0.6) is 0 Å². The zero-order valence-corrected chi connectivity index (χ0v) is 13.2. The zero-order chi connectivity index (χ0) is 15.0. The van der Waals surface area contributed by atoms with Crippen molar-refractivity contribution in [3.05, 3.63) is 24.3 Å². The van der Waals surface area contributed by atoms with E-state index in [1.165, 1.54) is 12.8 Å². The van der Waals surface area contributed by atoms with Crippen molar-refractivity contribution in [3.8, 4) is 0 Å². The number of allylic oxidation sites excluding steroid dienone is 4. The normalized spacial score (nSPS) is 41.0. The molecule has 0 unspecified atom stereocenters. The van der Waals surface area contributed by atoms with Crippen molar-refractivity contribution in [3.63, 3.8) is 0 Å². The molecule has 0 aromatic heterocycles. The van der Waals surface area contributed by atoms with Crippen molar-refractivity contribution < 1.29 is 14.6 Å². The Hall–Kier alpha value is -0.680. The maximum absolute atomic E-state index is 10.0. The molecular weight excluding hydrogens is 278 g/mol. The van der Waals surface area contributed by atoms with E-state index in [1.807, 2.05) is 0 Å². The molecule has 2 saturated heterocycles. The fourth-order valence-corrected chi connectivity index (χ4v) is 4.57. The second-order valence-electron chi connectivity index (χ2n) is 7.28. The summed E-state index contributed by atoms with van der Waals surface area (Å²) in [7, 11) is 0. The number of ether oxygens (including phenoxy) is 2. The van der Waals surface area contributed by atoms with Gasteiger partial charge in [0.05, 0.1) is 25.4 Å². The second kappa shape index (κ2) is 6.08. The summed E-state index contributed by atoms with van der Waals surface area (Å²) in [4.78, 5) is 2.42. The summed E-state index contributed by atoms with van der Waals surface area (Å²) in [5.41, 5.74) is -0.308. The van der Waals surface area contributed by atoms with E-state index in [0.717, 1.165) is 25.7 Å². The molecule has 4 aliphatic rings. The Morgan fingerprint density at radius 3 is 1.86 bits per heavy atom. The van der Waals surface area contributed by atoms with Crippen LogP contribution in [0.25, 0.3) is 0 Å². The molecule has 0 aromatic carbocycles. The standard InChI is InChI=1S/C18H27NO3/c20-11-18-12-21-16(14-7-3-1-4-8-14)19(18)17(22-13-18)15-9-5-2-6-10-15/h1-3,5,14-17,20H,4,6-13H2/t14-,15-,16-,17-/m1/s1. The van der Waals surface area contributed by atoms with Gasteiger partial charge in [-0.1, -0.05) is 24.3 Å². The van der Waals surface area contributed by atoms with Crippen molar-refractivity contribution in [1.82, 2.24) is 4.90 Å². The highest BCUT2D eigenvalue weighted by Crippen LogP contribution is 2.45. The summed E-state index contributed by atoms with van der Waals surface area (Å²) in [6.45, 7) is 1.34. The predicted molar refractivity (Wildman–Crippen MR) is 84.1 cm³/mol. The molecule has 0 amide bonds. The van der Waals surface area contributed by atoms with Crippen LogP contribution in [-0.4, -0.2) is 47.8 Å². The van der Waals surface area contributed by atoms with E-state index in [2.05, 4.69) is 29.2 Å². The quantitative estimate of drug-likeness (QED) is 0.813. The molecule has 2 heterocycles. The van der Waals surface area contributed by atoms with Gasteiger partial charge in [0.1, 0.15) is 12.5 Å². The van der Waals surface area contributed by atoms with Crippen LogP contribution in [0.2, 0.25) is 0 Å². The molecule has 0 radical (unpaired) electrons. The van der Waals surface area contributed by atoms with Gasteiger partial charge in [0.25, 0.3) is 0 Å². The SMILES string of the molecule is OCC12CO[C@H]([C@@H]3CC=CCC3)N1[C@@H]([C@@H]1CC=CCC1)OC2. The molecule has 4 heteroatoms. The minimum absolute atomic E-state index is 0.107. The van der Waals surface area contributed by atoms with Crippen LogP contribution in [0.4, 0.5) is 0 Å². The Morgan fingerprint density at radius 2 is 1.45 bits per heavy atom. The lowest BCUT2D eigenvalue weighted by Crippen LogP contribution is -2.54. The zero-order valence-electron chi connectivity index (χ0n) is 13.2. The van der Waals surface area contributed by atoms with Crippen molar-refractivity contribution >= 4 is 0 Å². The predicted octanol–water partition coefficient (Wildman–Crippen LogP) is 2.44. The summed E-state index contributed by atoms with van der Waals surface area (Å²) < 4.78 is 12.4. The third-order valence-electron chi connectivity index (χ3n) is 5.86. The summed E-state index contributed by atoms with van der Waals surface area (Å²) in [6.07, 6.45) is 16.1. The second-order valence-corrected chi connectivity index (χ2v) is 7.28. The molecule has 122 valence electrons. The van der Waals surface area contributed by atoms with Crippen LogP contribution in [-0.2, 0) is 9.47 Å². The van der Waals surface area contributed by atoms with Gasteiger partial charge in [0.15, 0.2) is 0 Å². The lowest BCUT2D eigenvalue weighted by Gasteiger charge is -2.39. The van der Waals surface area contributed by atoms with E-state index in [4.69, 9.17) is 9.47 Å². The highest BCUT2D eigenvalue weighted by Gasteiger charge is 2.58. The Labute approximate surface area is 132 Å². The van der Waals surface area contributed by atoms with Crippen molar-refractivity contribution in [1.29, 1.82) is 0 Å². The van der Waals surface area contributed by atoms with Gasteiger partial charge in [-0.25, -0.2) is 4.90 Å². The average molecular weight is 305 g/mol. The molecule has 22 heavy (non-hydrogen) atoms. The molecule has 0 saturated carbocycles. The number of aliphatic hydroxyl groups is 1. The van der Waals surface area contributed by atoms with E-state index >= 15 is 0 Å². The summed E-state index contributed by atoms with van der Waals surface area (Å²) in [6, 6.07) is 0. The van der Waals surface area contributed by atoms with Gasteiger partial charge in [-0.15, -0.1) is 0 Å². The fraction of sp³-hybridized carbons (Fsp3) is 0.778. The Balaban J connectivity index is 1.58. The summed E-state index contributed by atoms with van der Waals surface area (Å²) >= 11 is 0. The monoisotopic (exact) mass is 305 g/mol. The molecular formula is C18H27NO3. The molecule has 0 spiro atoms. The number of nitrogens with zero attached hydrogens (tertiary/aromatic N) is 1. The third-order valence-corrected chi connectivity index (χ3v) is 5.86. The van der Waals surface area contributed by atoms with Crippen molar-refractivity contribution in [2.75, 3.05) is 19.8 Å². The highest BCUT2D eigenvalue weighted by atomic mass is 16.6. The Kier molecular flexibility index (Phi) is 4.11. The topological polar surface area (TPSA) is 41.9 Å². The molecule has 0 aromatic rings. The first-order chi connectivity index (χ1) is 10.8. The van der Waals surface area contributed by atoms with Gasteiger partial charge >= 0.3 is 0 Å². The molecule has 2 aliphatic heterocycles. The minimum Gasteiger partial charge on any atom is -0.394 e. The Morgan fingerprint density at radius 1 is 0.909 bits per heavy atom. The van der Waals surface area contributed by atoms with Gasteiger partial charge in [-0.3, -0.25) is 0 Å². The van der Waals surface area contributed by atoms with Crippen LogP contribution in [0.1, 0.15) is 38.5 Å². The van der Waals surface area contributed by atoms with Gasteiger partial charge in [-0.05, 0) is 38.5 Å². The molecule has 2 aliphatic carbocycles. The molecule has 4 nitrogen and oxygen atoms in total. The van der Waals surface area contributed by atoms with Gasteiger partial charge < -0.3 is 14.6 Å². The van der Waals surface area contributed by atoms with Crippen LogP contribution in [0.15, 0.2) is 24.3 Å². The first-order valence-corrected chi connectivity index (χ1v) is 8.76. The van der Waals surface area contributed by atoms with Crippen molar-refractivity contribution in [2.45, 2.75) is 56.5 Å². The smallest absolute Gasteiger partial charge is 0.116 e. The Bertz CT molecular complexity index is 425. The summed E-state index contributed by atoms with van der Waals surface area (Å²) in [5, 5.41) is 10.0. The van der Waals surface area contributed by atoms with Crippen LogP contribution in [0.3, 0.4) is 0 Å². The van der Waals surface area contributed by atoms with Crippen LogP contribution >= 0.6 is 0 Å². The number of hydrogen-bond acceptors (Lipinski definition) is 4. The largest absolute Gasteiger partial charge is 0.394 e. The van der Waals surface area contributed by atoms with Crippen molar-refractivity contribution in [2.24, 2.45) is 11.8 Å². The average Bonchev–Trinajstić information content (AvgIpc) is 3.14. The van der Waals surface area contributed by atoms with E-state index in [-0.39, 0.29) is 24.6 Å². The third kappa shape index (κ3) is 2.37. The lowest BCUT2D eigenvalue weighted by atomic mass is 9.88. The van der Waals surface area contributed by atoms with Gasteiger partial charge in [-0.2, -0.15) is 0 Å². The van der Waals surface area contributed by atoms with E-state index in [0.29, 0.717) is 25.0 Å². The van der Waals surface area contributed by atoms with Gasteiger partial charge in [0.2, 0.25) is 0 Å². The van der Waals surface area contributed by atoms with Crippen LogP contribution < -0.4 is 0 Å². The minimum atomic E-state index is -0.308. The molecule has 4 atom stereocenters. The van der Waals surface area contributed by atoms with E-state index in [9.17, 15) is 5.11 Å². The lowest BCUT2D eigenvalue weighted by molar-refractivity contribution is -0.109. The molecule has 1 N–H and O–H groups in total. The fourth-order valence-electron chi connectivity index (χ4n) is 4.57. The maximum atomic E-state index is 10.0. The number of rotatable bonds is 3. The first kappa shape index (κ1) is 14.9. The van der Waals surface area contributed by atoms with Gasteiger partial charge in [0, 0.05) is 11.8 Å². The van der Waals surface area contributed by atoms with E-state index in [1.54, 1.807) is 0 Å². The summed E-state index contributed by atoms with van der Waals surface area (Å²) in [5.74, 6) is 1.06. The first-order valence-electron chi connectivity index (χ1n) is 8.76. The van der Waals surface area contributed by atoms with E-state index < -0.39 is 0 Å². The van der Waals surface area contributed by atoms with Crippen LogP contribution in [0, 0.1) is 11.8 Å². The highest BCUT2D eigenvalue weighted by molar-refractivity contribution is 5.07.